The predicted molar refractivity (Wildman–Crippen MR) is 49.5 cm³/mol. The molecule has 1 unspecified atom stereocenters. The minimum atomic E-state index is -0.823. The highest BCUT2D eigenvalue weighted by Crippen LogP contribution is 2.38. The fraction of sp³-hybridized carbons (Fsp3) is 0.900. The second-order valence-corrected chi connectivity index (χ2v) is 3.54. The van der Waals surface area contributed by atoms with Gasteiger partial charge in [0.1, 0.15) is 0 Å². The third-order valence-corrected chi connectivity index (χ3v) is 3.15. The Labute approximate surface area is 75.2 Å². The fourth-order valence-corrected chi connectivity index (χ4v) is 1.54. The van der Waals surface area contributed by atoms with E-state index >= 15 is 0 Å². The van der Waals surface area contributed by atoms with Crippen molar-refractivity contribution in [3.05, 3.63) is 0 Å². The molecule has 0 aromatic carbocycles. The van der Waals surface area contributed by atoms with Crippen LogP contribution in [0.25, 0.3) is 0 Å². The maximum atomic E-state index is 10.1. The first-order valence-corrected chi connectivity index (χ1v) is 4.63. The zero-order valence-electron chi connectivity index (χ0n) is 8.52. The van der Waals surface area contributed by atoms with Crippen molar-refractivity contribution in [2.45, 2.75) is 52.6 Å². The van der Waals surface area contributed by atoms with Crippen molar-refractivity contribution < 1.29 is 5.11 Å². The second-order valence-electron chi connectivity index (χ2n) is 3.54. The Kier molecular flexibility index (Phi) is 3.73. The Morgan fingerprint density at radius 3 is 1.67 bits per heavy atom. The first-order chi connectivity index (χ1) is 5.49. The van der Waals surface area contributed by atoms with Gasteiger partial charge in [0.2, 0.25) is 0 Å². The highest BCUT2D eigenvalue weighted by Gasteiger charge is 2.43. The van der Waals surface area contributed by atoms with Crippen molar-refractivity contribution in [2.75, 3.05) is 0 Å². The number of hydrogen-bond acceptors (Lipinski definition) is 2. The Bertz CT molecular complexity index is 179. The van der Waals surface area contributed by atoms with Crippen LogP contribution in [0.4, 0.5) is 0 Å². The van der Waals surface area contributed by atoms with Crippen molar-refractivity contribution in [1.29, 1.82) is 5.26 Å². The average Bonchev–Trinajstić information content (AvgIpc) is 2.15. The van der Waals surface area contributed by atoms with E-state index < -0.39 is 11.0 Å². The van der Waals surface area contributed by atoms with E-state index in [9.17, 15) is 5.11 Å². The topological polar surface area (TPSA) is 44.0 Å². The monoisotopic (exact) mass is 169 g/mol. The van der Waals surface area contributed by atoms with Gasteiger partial charge in [-0.25, -0.2) is 0 Å². The van der Waals surface area contributed by atoms with Crippen LogP contribution in [-0.2, 0) is 0 Å². The van der Waals surface area contributed by atoms with Crippen molar-refractivity contribution in [1.82, 2.24) is 0 Å². The van der Waals surface area contributed by atoms with Crippen LogP contribution >= 0.6 is 0 Å². The van der Waals surface area contributed by atoms with Crippen molar-refractivity contribution in [3.63, 3.8) is 0 Å². The smallest absolute Gasteiger partial charge is 0.0829 e. The van der Waals surface area contributed by atoms with E-state index in [0.29, 0.717) is 19.3 Å². The number of aliphatic hydroxyl groups is 1. The molecule has 0 fully saturated rings. The van der Waals surface area contributed by atoms with Gasteiger partial charge in [0.25, 0.3) is 0 Å². The molecule has 0 amide bonds. The summed E-state index contributed by atoms with van der Waals surface area (Å²) >= 11 is 0. The summed E-state index contributed by atoms with van der Waals surface area (Å²) in [7, 11) is 0. The highest BCUT2D eigenvalue weighted by molar-refractivity contribution is 5.07. The van der Waals surface area contributed by atoms with Gasteiger partial charge >= 0.3 is 0 Å². The maximum absolute atomic E-state index is 10.1. The summed E-state index contributed by atoms with van der Waals surface area (Å²) in [6, 6.07) is 2.22. The molecule has 0 rings (SSSR count). The van der Waals surface area contributed by atoms with E-state index in [4.69, 9.17) is 5.26 Å². The van der Waals surface area contributed by atoms with Gasteiger partial charge in [-0.2, -0.15) is 5.26 Å². The molecule has 2 heteroatoms. The lowest BCUT2D eigenvalue weighted by molar-refractivity contribution is -0.0552. The van der Waals surface area contributed by atoms with E-state index in [1.54, 1.807) is 0 Å². The minimum Gasteiger partial charge on any atom is -0.388 e. The molecule has 12 heavy (non-hydrogen) atoms. The second kappa shape index (κ2) is 3.91. The molecule has 2 nitrogen and oxygen atoms in total. The Balaban J connectivity index is 4.82. The average molecular weight is 169 g/mol. The number of hydrogen-bond donors (Lipinski definition) is 1. The van der Waals surface area contributed by atoms with E-state index in [1.165, 1.54) is 0 Å². The van der Waals surface area contributed by atoms with Gasteiger partial charge in [-0.15, -0.1) is 0 Å². The normalized spacial score (nSPS) is 16.7. The molecule has 70 valence electrons. The molecule has 0 aliphatic carbocycles. The number of nitriles is 1. The molecule has 0 radical (unpaired) electrons. The summed E-state index contributed by atoms with van der Waals surface area (Å²) in [5.41, 5.74) is -1.42. The van der Waals surface area contributed by atoms with E-state index in [0.717, 1.165) is 0 Å². The SMILES string of the molecule is CCC(C)(C#N)C(O)(CC)CC. The maximum Gasteiger partial charge on any atom is 0.0829 e. The van der Waals surface area contributed by atoms with Crippen LogP contribution in [-0.4, -0.2) is 10.7 Å². The van der Waals surface area contributed by atoms with Crippen molar-refractivity contribution in [3.8, 4) is 6.07 Å². The molecule has 0 saturated carbocycles. The molecule has 0 aliphatic rings. The number of rotatable bonds is 4. The summed E-state index contributed by atoms with van der Waals surface area (Å²) < 4.78 is 0. The molecule has 0 spiro atoms. The molecule has 0 bridgehead atoms. The van der Waals surface area contributed by atoms with Gasteiger partial charge in [0.15, 0.2) is 0 Å². The zero-order valence-corrected chi connectivity index (χ0v) is 8.52. The predicted octanol–water partition coefficient (Wildman–Crippen LogP) is 2.48. The molecular weight excluding hydrogens is 150 g/mol. The summed E-state index contributed by atoms with van der Waals surface area (Å²) in [5, 5.41) is 19.1. The van der Waals surface area contributed by atoms with Crippen LogP contribution in [0.2, 0.25) is 0 Å². The van der Waals surface area contributed by atoms with Crippen LogP contribution in [0.1, 0.15) is 47.0 Å². The fourth-order valence-electron chi connectivity index (χ4n) is 1.54. The summed E-state index contributed by atoms with van der Waals surface area (Å²) in [5.74, 6) is 0. The molecule has 1 N–H and O–H groups in total. The third-order valence-electron chi connectivity index (χ3n) is 3.15. The summed E-state index contributed by atoms with van der Waals surface area (Å²) in [6.07, 6.45) is 1.98. The lowest BCUT2D eigenvalue weighted by Gasteiger charge is -2.38. The van der Waals surface area contributed by atoms with Gasteiger partial charge in [-0.3, -0.25) is 0 Å². The Morgan fingerprint density at radius 1 is 1.17 bits per heavy atom. The van der Waals surface area contributed by atoms with Crippen molar-refractivity contribution >= 4 is 0 Å². The van der Waals surface area contributed by atoms with Gasteiger partial charge in [0.05, 0.1) is 17.1 Å². The van der Waals surface area contributed by atoms with E-state index in [-0.39, 0.29) is 0 Å². The van der Waals surface area contributed by atoms with Crippen molar-refractivity contribution in [2.24, 2.45) is 5.41 Å². The third kappa shape index (κ3) is 1.61. The highest BCUT2D eigenvalue weighted by atomic mass is 16.3. The van der Waals surface area contributed by atoms with Crippen LogP contribution in [0.5, 0.6) is 0 Å². The number of nitrogens with zero attached hydrogens (tertiary/aromatic N) is 1. The lowest BCUT2D eigenvalue weighted by atomic mass is 9.69. The molecule has 0 saturated heterocycles. The quantitative estimate of drug-likeness (QED) is 0.702. The van der Waals surface area contributed by atoms with E-state index in [2.05, 4.69) is 6.07 Å². The molecule has 1 atom stereocenters. The van der Waals surface area contributed by atoms with Gasteiger partial charge in [0, 0.05) is 0 Å². The first kappa shape index (κ1) is 11.4. The van der Waals surface area contributed by atoms with Crippen LogP contribution in [0, 0.1) is 16.7 Å². The van der Waals surface area contributed by atoms with Gasteiger partial charge in [-0.05, 0) is 26.2 Å². The van der Waals surface area contributed by atoms with E-state index in [1.807, 2.05) is 27.7 Å². The van der Waals surface area contributed by atoms with Crippen LogP contribution in [0.15, 0.2) is 0 Å². The van der Waals surface area contributed by atoms with Gasteiger partial charge in [-0.1, -0.05) is 20.8 Å². The Morgan fingerprint density at radius 2 is 1.58 bits per heavy atom. The summed E-state index contributed by atoms with van der Waals surface area (Å²) in [6.45, 7) is 7.63. The zero-order chi connectivity index (χ0) is 9.83. The molecule has 0 aromatic heterocycles. The first-order valence-electron chi connectivity index (χ1n) is 4.63. The molecule has 0 aliphatic heterocycles. The van der Waals surface area contributed by atoms with Gasteiger partial charge < -0.3 is 5.11 Å². The largest absolute Gasteiger partial charge is 0.388 e. The lowest BCUT2D eigenvalue weighted by Crippen LogP contribution is -2.44. The van der Waals surface area contributed by atoms with Crippen LogP contribution < -0.4 is 0 Å². The Hall–Kier alpha value is -0.550. The molecular formula is C10H19NO. The summed E-state index contributed by atoms with van der Waals surface area (Å²) in [4.78, 5) is 0. The molecule has 0 aromatic rings. The van der Waals surface area contributed by atoms with Crippen LogP contribution in [0.3, 0.4) is 0 Å². The molecule has 0 heterocycles. The standard InChI is InChI=1S/C10H19NO/c1-5-9(4,8-11)10(12,6-2)7-3/h12H,5-7H2,1-4H3. The minimum absolute atomic E-state index is 0.601.